The summed E-state index contributed by atoms with van der Waals surface area (Å²) in [5.74, 6) is 0. The van der Waals surface area contributed by atoms with Crippen molar-refractivity contribution in [2.24, 2.45) is 0 Å². The largest absolute Gasteiger partial charge is 0.372 e. The maximum Gasteiger partial charge on any atom is 0.317 e. The predicted molar refractivity (Wildman–Crippen MR) is 84.5 cm³/mol. The van der Waals surface area contributed by atoms with Crippen molar-refractivity contribution in [3.63, 3.8) is 0 Å². The van der Waals surface area contributed by atoms with E-state index in [1.807, 2.05) is 18.7 Å². The third kappa shape index (κ3) is 5.15. The molecule has 0 saturated carbocycles. The van der Waals surface area contributed by atoms with Crippen molar-refractivity contribution in [1.82, 2.24) is 15.1 Å². The van der Waals surface area contributed by atoms with E-state index in [-0.39, 0.29) is 18.2 Å². The predicted octanol–water partition coefficient (Wildman–Crippen LogP) is 2.07. The summed E-state index contributed by atoms with van der Waals surface area (Å²) in [7, 11) is 0. The summed E-state index contributed by atoms with van der Waals surface area (Å²) in [5.41, 5.74) is 0. The van der Waals surface area contributed by atoms with Crippen LogP contribution < -0.4 is 5.32 Å². The Balaban J connectivity index is 1.66. The number of urea groups is 1. The molecule has 1 unspecified atom stereocenters. The number of piperidine rings is 1. The third-order valence-corrected chi connectivity index (χ3v) is 4.56. The highest BCUT2D eigenvalue weighted by Gasteiger charge is 2.25. The van der Waals surface area contributed by atoms with Crippen molar-refractivity contribution in [2.75, 3.05) is 32.7 Å². The van der Waals surface area contributed by atoms with Crippen LogP contribution in [0.15, 0.2) is 0 Å². The number of carbonyl (C=O) groups is 1. The zero-order valence-electron chi connectivity index (χ0n) is 13.8. The molecular weight excluding hydrogens is 266 g/mol. The van der Waals surface area contributed by atoms with Gasteiger partial charge in [-0.3, -0.25) is 0 Å². The van der Waals surface area contributed by atoms with Gasteiger partial charge in [0.15, 0.2) is 0 Å². The van der Waals surface area contributed by atoms with Crippen LogP contribution in [0, 0.1) is 0 Å². The number of carbonyl (C=O) groups excluding carboxylic acids is 1. The Kier molecular flexibility index (Phi) is 6.30. The van der Waals surface area contributed by atoms with Crippen molar-refractivity contribution in [1.29, 1.82) is 0 Å². The average molecular weight is 297 g/mol. The highest BCUT2D eigenvalue weighted by atomic mass is 16.5. The SMILES string of the molecule is CC(CCNC(=O)N1C[C@@H](C)O[C@@H](C)C1)N1CCCCC1. The molecule has 2 amide bonds. The van der Waals surface area contributed by atoms with E-state index in [1.165, 1.54) is 32.4 Å². The van der Waals surface area contributed by atoms with Gasteiger partial charge in [-0.15, -0.1) is 0 Å². The van der Waals surface area contributed by atoms with Gasteiger partial charge in [0.05, 0.1) is 12.2 Å². The first-order chi connectivity index (χ1) is 10.1. The zero-order chi connectivity index (χ0) is 15.2. The quantitative estimate of drug-likeness (QED) is 0.864. The second-order valence-electron chi connectivity index (χ2n) is 6.63. The van der Waals surface area contributed by atoms with Crippen molar-refractivity contribution in [3.8, 4) is 0 Å². The lowest BCUT2D eigenvalue weighted by Crippen LogP contribution is -2.52. The molecule has 2 aliphatic heterocycles. The Labute approximate surface area is 129 Å². The minimum absolute atomic E-state index is 0.0582. The van der Waals surface area contributed by atoms with E-state index in [1.54, 1.807) is 0 Å². The van der Waals surface area contributed by atoms with Gasteiger partial charge < -0.3 is 19.9 Å². The lowest BCUT2D eigenvalue weighted by molar-refractivity contribution is -0.0545. The molecule has 2 fully saturated rings. The first-order valence-corrected chi connectivity index (χ1v) is 8.48. The topological polar surface area (TPSA) is 44.8 Å². The molecule has 0 aromatic rings. The molecule has 2 aliphatic rings. The number of ether oxygens (including phenoxy) is 1. The lowest BCUT2D eigenvalue weighted by Gasteiger charge is -2.35. The summed E-state index contributed by atoms with van der Waals surface area (Å²) in [6.45, 7) is 10.9. The summed E-state index contributed by atoms with van der Waals surface area (Å²) in [4.78, 5) is 16.6. The van der Waals surface area contributed by atoms with Gasteiger partial charge in [-0.2, -0.15) is 0 Å². The van der Waals surface area contributed by atoms with Gasteiger partial charge in [-0.05, 0) is 53.1 Å². The number of hydrogen-bond donors (Lipinski definition) is 1. The molecule has 3 atom stereocenters. The minimum Gasteiger partial charge on any atom is -0.372 e. The van der Waals surface area contributed by atoms with E-state index < -0.39 is 0 Å². The number of morpholine rings is 1. The van der Waals surface area contributed by atoms with E-state index >= 15 is 0 Å². The summed E-state index contributed by atoms with van der Waals surface area (Å²) in [5, 5.41) is 3.07. The maximum atomic E-state index is 12.2. The summed E-state index contributed by atoms with van der Waals surface area (Å²) in [6.07, 6.45) is 5.30. The Bertz CT molecular complexity index is 321. The Morgan fingerprint density at radius 2 is 1.81 bits per heavy atom. The monoisotopic (exact) mass is 297 g/mol. The highest BCUT2D eigenvalue weighted by molar-refractivity contribution is 5.74. The molecule has 0 bridgehead atoms. The van der Waals surface area contributed by atoms with Crippen LogP contribution in [0.25, 0.3) is 0 Å². The van der Waals surface area contributed by atoms with Crippen molar-refractivity contribution in [2.45, 2.75) is 64.7 Å². The zero-order valence-corrected chi connectivity index (χ0v) is 13.8. The van der Waals surface area contributed by atoms with Gasteiger partial charge in [-0.1, -0.05) is 6.42 Å². The van der Waals surface area contributed by atoms with Gasteiger partial charge >= 0.3 is 6.03 Å². The molecular formula is C16H31N3O2. The minimum atomic E-state index is 0.0582. The van der Waals surface area contributed by atoms with Crippen LogP contribution in [-0.2, 0) is 4.74 Å². The Hall–Kier alpha value is -0.810. The molecule has 0 radical (unpaired) electrons. The molecule has 2 saturated heterocycles. The van der Waals surface area contributed by atoms with Crippen LogP contribution in [0.3, 0.4) is 0 Å². The number of likely N-dealkylation sites (tertiary alicyclic amines) is 1. The van der Waals surface area contributed by atoms with E-state index in [0.717, 1.165) is 13.0 Å². The molecule has 21 heavy (non-hydrogen) atoms. The van der Waals surface area contributed by atoms with Gasteiger partial charge in [0, 0.05) is 25.7 Å². The fraction of sp³-hybridized carbons (Fsp3) is 0.938. The second-order valence-corrected chi connectivity index (χ2v) is 6.63. The highest BCUT2D eigenvalue weighted by Crippen LogP contribution is 2.14. The van der Waals surface area contributed by atoms with E-state index in [2.05, 4.69) is 17.1 Å². The number of hydrogen-bond acceptors (Lipinski definition) is 3. The van der Waals surface area contributed by atoms with Crippen LogP contribution in [0.2, 0.25) is 0 Å². The summed E-state index contributed by atoms with van der Waals surface area (Å²) in [6, 6.07) is 0.621. The van der Waals surface area contributed by atoms with Gasteiger partial charge in [0.2, 0.25) is 0 Å². The number of rotatable bonds is 4. The molecule has 2 rings (SSSR count). The van der Waals surface area contributed by atoms with E-state index in [0.29, 0.717) is 19.1 Å². The number of nitrogens with zero attached hydrogens (tertiary/aromatic N) is 2. The number of amides is 2. The molecule has 122 valence electrons. The molecule has 1 N–H and O–H groups in total. The normalized spacial score (nSPS) is 29.2. The van der Waals surface area contributed by atoms with Crippen LogP contribution >= 0.6 is 0 Å². The van der Waals surface area contributed by atoms with Crippen LogP contribution in [0.4, 0.5) is 4.79 Å². The molecule has 0 spiro atoms. The van der Waals surface area contributed by atoms with Gasteiger partial charge in [-0.25, -0.2) is 4.79 Å². The third-order valence-electron chi connectivity index (χ3n) is 4.56. The summed E-state index contributed by atoms with van der Waals surface area (Å²) < 4.78 is 5.66. The van der Waals surface area contributed by atoms with Crippen LogP contribution in [0.1, 0.15) is 46.5 Å². The molecule has 2 heterocycles. The van der Waals surface area contributed by atoms with E-state index in [4.69, 9.17) is 4.74 Å². The molecule has 0 aromatic carbocycles. The smallest absolute Gasteiger partial charge is 0.317 e. The molecule has 0 aromatic heterocycles. The van der Waals surface area contributed by atoms with Crippen LogP contribution in [-0.4, -0.2) is 66.8 Å². The second kappa shape index (κ2) is 7.99. The van der Waals surface area contributed by atoms with Gasteiger partial charge in [0.25, 0.3) is 0 Å². The standard InChI is InChI=1S/C16H31N3O2/c1-13(18-9-5-4-6-10-18)7-8-17-16(20)19-11-14(2)21-15(3)12-19/h13-15H,4-12H2,1-3H3,(H,17,20)/t13?,14-,15+. The maximum absolute atomic E-state index is 12.2. The number of nitrogens with one attached hydrogen (secondary N) is 1. The first kappa shape index (κ1) is 16.6. The molecule has 5 heteroatoms. The fourth-order valence-electron chi connectivity index (χ4n) is 3.39. The Morgan fingerprint density at radius 3 is 2.43 bits per heavy atom. The fourth-order valence-corrected chi connectivity index (χ4v) is 3.39. The first-order valence-electron chi connectivity index (χ1n) is 8.48. The van der Waals surface area contributed by atoms with Crippen molar-refractivity contribution < 1.29 is 9.53 Å². The summed E-state index contributed by atoms with van der Waals surface area (Å²) >= 11 is 0. The van der Waals surface area contributed by atoms with E-state index in [9.17, 15) is 4.79 Å². The van der Waals surface area contributed by atoms with Crippen molar-refractivity contribution >= 4 is 6.03 Å². The average Bonchev–Trinajstić information content (AvgIpc) is 2.47. The Morgan fingerprint density at radius 1 is 1.19 bits per heavy atom. The molecule has 0 aliphatic carbocycles. The van der Waals surface area contributed by atoms with Crippen LogP contribution in [0.5, 0.6) is 0 Å². The van der Waals surface area contributed by atoms with Crippen molar-refractivity contribution in [3.05, 3.63) is 0 Å². The molecule has 5 nitrogen and oxygen atoms in total. The lowest BCUT2D eigenvalue weighted by atomic mass is 10.1. The van der Waals surface area contributed by atoms with Gasteiger partial charge in [0.1, 0.15) is 0 Å².